The first-order valence-electron chi connectivity index (χ1n) is 6.63. The Morgan fingerprint density at radius 1 is 1.15 bits per heavy atom. The van der Waals surface area contributed by atoms with E-state index in [4.69, 9.17) is 10.5 Å². The van der Waals surface area contributed by atoms with Gasteiger partial charge in [-0.15, -0.1) is 0 Å². The molecule has 2 heterocycles. The van der Waals surface area contributed by atoms with Crippen molar-refractivity contribution >= 4 is 11.2 Å². The van der Waals surface area contributed by atoms with Crippen LogP contribution < -0.4 is 10.5 Å². The van der Waals surface area contributed by atoms with E-state index < -0.39 is 0 Å². The summed E-state index contributed by atoms with van der Waals surface area (Å²) in [5.41, 5.74) is 8.81. The van der Waals surface area contributed by atoms with Crippen LogP contribution in [0.4, 0.5) is 5.69 Å². The van der Waals surface area contributed by atoms with E-state index in [-0.39, 0.29) is 0 Å². The number of aryl methyl sites for hydroxylation is 1. The molecule has 0 aliphatic carbocycles. The van der Waals surface area contributed by atoms with Gasteiger partial charge in [0.05, 0.1) is 18.3 Å². The molecule has 2 aromatic heterocycles. The SMILES string of the molecule is Cc1ccc(OCCc2ncc3ccc(N)cn23)cc1. The Balaban J connectivity index is 1.68. The Labute approximate surface area is 117 Å². The molecule has 4 nitrogen and oxygen atoms in total. The van der Waals surface area contributed by atoms with Gasteiger partial charge in [-0.2, -0.15) is 0 Å². The van der Waals surface area contributed by atoms with Crippen molar-refractivity contribution in [2.75, 3.05) is 12.3 Å². The highest BCUT2D eigenvalue weighted by Crippen LogP contribution is 2.13. The molecule has 102 valence electrons. The highest BCUT2D eigenvalue weighted by atomic mass is 16.5. The number of nitrogens with two attached hydrogens (primary N) is 1. The van der Waals surface area contributed by atoms with Gasteiger partial charge in [0.2, 0.25) is 0 Å². The van der Waals surface area contributed by atoms with Crippen LogP contribution in [0.15, 0.2) is 48.8 Å². The normalized spacial score (nSPS) is 10.8. The third kappa shape index (κ3) is 2.59. The van der Waals surface area contributed by atoms with Crippen molar-refractivity contribution in [1.82, 2.24) is 9.38 Å². The number of benzene rings is 1. The van der Waals surface area contributed by atoms with E-state index in [0.717, 1.165) is 29.2 Å². The lowest BCUT2D eigenvalue weighted by molar-refractivity contribution is 0.318. The fourth-order valence-corrected chi connectivity index (χ4v) is 2.14. The fraction of sp³-hybridized carbons (Fsp3) is 0.188. The Bertz CT molecular complexity index is 716. The second-order valence-corrected chi connectivity index (χ2v) is 4.84. The fourth-order valence-electron chi connectivity index (χ4n) is 2.14. The molecule has 2 N–H and O–H groups in total. The van der Waals surface area contributed by atoms with Crippen LogP contribution in [0.25, 0.3) is 5.52 Å². The molecule has 0 aliphatic rings. The topological polar surface area (TPSA) is 52.5 Å². The minimum Gasteiger partial charge on any atom is -0.493 e. The molecular weight excluding hydrogens is 250 g/mol. The number of rotatable bonds is 4. The van der Waals surface area contributed by atoms with E-state index in [1.54, 1.807) is 0 Å². The lowest BCUT2D eigenvalue weighted by atomic mass is 10.2. The molecule has 1 aromatic carbocycles. The summed E-state index contributed by atoms with van der Waals surface area (Å²) in [4.78, 5) is 4.41. The molecule has 0 saturated heterocycles. The molecule has 0 fully saturated rings. The van der Waals surface area contributed by atoms with Crippen molar-refractivity contribution in [3.8, 4) is 5.75 Å². The molecule has 3 aromatic rings. The second kappa shape index (κ2) is 5.25. The van der Waals surface area contributed by atoms with Gasteiger partial charge in [-0.1, -0.05) is 17.7 Å². The minimum atomic E-state index is 0.594. The van der Waals surface area contributed by atoms with Crippen LogP contribution in [0.5, 0.6) is 5.75 Å². The molecule has 20 heavy (non-hydrogen) atoms. The molecule has 4 heteroatoms. The number of anilines is 1. The summed E-state index contributed by atoms with van der Waals surface area (Å²) in [6.45, 7) is 2.65. The maximum atomic E-state index is 5.81. The van der Waals surface area contributed by atoms with Gasteiger partial charge in [0, 0.05) is 18.3 Å². The molecule has 0 aliphatic heterocycles. The highest BCUT2D eigenvalue weighted by molar-refractivity contribution is 5.52. The predicted molar refractivity (Wildman–Crippen MR) is 80.0 cm³/mol. The summed E-state index contributed by atoms with van der Waals surface area (Å²) in [6.07, 6.45) is 4.48. The zero-order valence-electron chi connectivity index (χ0n) is 11.4. The number of ether oxygens (including phenoxy) is 1. The van der Waals surface area contributed by atoms with E-state index in [1.165, 1.54) is 5.56 Å². The number of nitrogen functional groups attached to an aromatic ring is 1. The standard InChI is InChI=1S/C16H17N3O/c1-12-2-6-15(7-3-12)20-9-8-16-18-10-14-5-4-13(17)11-19(14)16/h2-7,10-11H,8-9,17H2,1H3. The number of nitrogens with zero attached hydrogens (tertiary/aromatic N) is 2. The highest BCUT2D eigenvalue weighted by Gasteiger charge is 2.04. The molecule has 0 atom stereocenters. The average Bonchev–Trinajstić information content (AvgIpc) is 2.84. The molecule has 0 saturated carbocycles. The Hall–Kier alpha value is -2.49. The lowest BCUT2D eigenvalue weighted by Crippen LogP contribution is -2.05. The molecule has 0 unspecified atom stereocenters. The molecular formula is C16H17N3O. The summed E-state index contributed by atoms with van der Waals surface area (Å²) in [5, 5.41) is 0. The summed E-state index contributed by atoms with van der Waals surface area (Å²) in [5.74, 6) is 1.84. The van der Waals surface area contributed by atoms with Crippen LogP contribution in [0.2, 0.25) is 0 Å². The second-order valence-electron chi connectivity index (χ2n) is 4.84. The molecule has 3 rings (SSSR count). The number of imidazole rings is 1. The maximum Gasteiger partial charge on any atom is 0.119 e. The Morgan fingerprint density at radius 2 is 1.95 bits per heavy atom. The van der Waals surface area contributed by atoms with E-state index >= 15 is 0 Å². The van der Waals surface area contributed by atoms with E-state index in [1.807, 2.05) is 53.2 Å². The Morgan fingerprint density at radius 3 is 2.75 bits per heavy atom. The van der Waals surface area contributed by atoms with Gasteiger partial charge in [-0.25, -0.2) is 4.98 Å². The van der Waals surface area contributed by atoms with Crippen LogP contribution in [0.3, 0.4) is 0 Å². The van der Waals surface area contributed by atoms with Crippen molar-refractivity contribution in [2.45, 2.75) is 13.3 Å². The quantitative estimate of drug-likeness (QED) is 0.790. The van der Waals surface area contributed by atoms with Gasteiger partial charge < -0.3 is 14.9 Å². The maximum absolute atomic E-state index is 5.81. The molecule has 0 spiro atoms. The van der Waals surface area contributed by atoms with Gasteiger partial charge in [0.1, 0.15) is 11.6 Å². The molecule has 0 bridgehead atoms. The van der Waals surface area contributed by atoms with E-state index in [0.29, 0.717) is 6.61 Å². The lowest BCUT2D eigenvalue weighted by Gasteiger charge is -2.06. The summed E-state index contributed by atoms with van der Waals surface area (Å²) < 4.78 is 7.74. The zero-order valence-corrected chi connectivity index (χ0v) is 11.4. The van der Waals surface area contributed by atoms with E-state index in [2.05, 4.69) is 11.9 Å². The first-order valence-corrected chi connectivity index (χ1v) is 6.63. The number of hydrogen-bond donors (Lipinski definition) is 1. The van der Waals surface area contributed by atoms with Crippen molar-refractivity contribution in [3.63, 3.8) is 0 Å². The van der Waals surface area contributed by atoms with Crippen LogP contribution in [0, 0.1) is 6.92 Å². The van der Waals surface area contributed by atoms with Crippen LogP contribution in [-0.4, -0.2) is 16.0 Å². The van der Waals surface area contributed by atoms with Gasteiger partial charge in [0.25, 0.3) is 0 Å². The monoisotopic (exact) mass is 267 g/mol. The Kier molecular flexibility index (Phi) is 3.29. The number of hydrogen-bond acceptors (Lipinski definition) is 3. The van der Waals surface area contributed by atoms with Crippen molar-refractivity contribution in [2.24, 2.45) is 0 Å². The van der Waals surface area contributed by atoms with Crippen LogP contribution in [0.1, 0.15) is 11.4 Å². The number of pyridine rings is 1. The van der Waals surface area contributed by atoms with Crippen molar-refractivity contribution in [1.29, 1.82) is 0 Å². The van der Waals surface area contributed by atoms with Crippen LogP contribution >= 0.6 is 0 Å². The van der Waals surface area contributed by atoms with Gasteiger partial charge in [-0.05, 0) is 31.2 Å². The third-order valence-electron chi connectivity index (χ3n) is 3.24. The number of fused-ring (bicyclic) bond motifs is 1. The van der Waals surface area contributed by atoms with Gasteiger partial charge in [-0.3, -0.25) is 0 Å². The first kappa shape index (κ1) is 12.5. The third-order valence-corrected chi connectivity index (χ3v) is 3.24. The number of aromatic nitrogens is 2. The predicted octanol–water partition coefficient (Wildman–Crippen LogP) is 2.85. The average molecular weight is 267 g/mol. The van der Waals surface area contributed by atoms with Gasteiger partial charge >= 0.3 is 0 Å². The van der Waals surface area contributed by atoms with Crippen molar-refractivity contribution < 1.29 is 4.74 Å². The minimum absolute atomic E-state index is 0.594. The summed E-state index contributed by atoms with van der Waals surface area (Å²) >= 11 is 0. The zero-order chi connectivity index (χ0) is 13.9. The smallest absolute Gasteiger partial charge is 0.119 e. The van der Waals surface area contributed by atoms with Crippen LogP contribution in [-0.2, 0) is 6.42 Å². The summed E-state index contributed by atoms with van der Waals surface area (Å²) in [7, 11) is 0. The van der Waals surface area contributed by atoms with Crippen molar-refractivity contribution in [3.05, 3.63) is 60.2 Å². The largest absolute Gasteiger partial charge is 0.493 e. The molecule has 0 radical (unpaired) electrons. The van der Waals surface area contributed by atoms with E-state index in [9.17, 15) is 0 Å². The van der Waals surface area contributed by atoms with Gasteiger partial charge in [0.15, 0.2) is 0 Å². The first-order chi connectivity index (χ1) is 9.72. The summed E-state index contributed by atoms with van der Waals surface area (Å²) in [6, 6.07) is 11.9. The molecule has 0 amide bonds.